The van der Waals surface area contributed by atoms with Gasteiger partial charge < -0.3 is 10.2 Å². The molecule has 278 valence electrons. The number of hydrogen-bond donors (Lipinski definition) is 2. The Bertz CT molecular complexity index is 1710. The van der Waals surface area contributed by atoms with Gasteiger partial charge >= 0.3 is 0 Å². The van der Waals surface area contributed by atoms with Crippen molar-refractivity contribution in [2.75, 3.05) is 26.2 Å². The van der Waals surface area contributed by atoms with Gasteiger partial charge in [0.15, 0.2) is 0 Å². The first kappa shape index (κ1) is 36.5. The van der Waals surface area contributed by atoms with Crippen LogP contribution in [0.2, 0.25) is 50.4 Å². The van der Waals surface area contributed by atoms with Gasteiger partial charge in [-0.05, 0) is 97.8 Å². The molecule has 10 atom stereocenters. The summed E-state index contributed by atoms with van der Waals surface area (Å²) in [4.78, 5) is 14.3. The molecule has 0 aliphatic carbocycles. The third-order valence-corrected chi connectivity index (χ3v) is 21.5. The van der Waals surface area contributed by atoms with Crippen molar-refractivity contribution < 1.29 is 10.2 Å². The maximum Gasteiger partial charge on any atom is 0.0952 e. The highest BCUT2D eigenvalue weighted by Gasteiger charge is 2.45. The lowest BCUT2D eigenvalue weighted by atomic mass is 9.72. The Balaban J connectivity index is 0.801. The van der Waals surface area contributed by atoms with Crippen LogP contribution in [0.15, 0.2) is 73.1 Å². The minimum absolute atomic E-state index is 0.228. The zero-order valence-electron chi connectivity index (χ0n) is 32.1. The van der Waals surface area contributed by atoms with E-state index in [1.165, 1.54) is 49.9 Å². The predicted molar refractivity (Wildman–Crippen MR) is 220 cm³/mol. The van der Waals surface area contributed by atoms with E-state index in [4.69, 9.17) is 0 Å². The highest BCUT2D eigenvalue weighted by atomic mass is 28.3. The Morgan fingerprint density at radius 3 is 1.44 bits per heavy atom. The van der Waals surface area contributed by atoms with E-state index in [1.54, 1.807) is 0 Å². The molecule has 4 aromatic rings. The third-order valence-electron chi connectivity index (χ3n) is 14.5. The molecule has 6 saturated heterocycles. The summed E-state index contributed by atoms with van der Waals surface area (Å²) in [7, 11) is -2.57. The summed E-state index contributed by atoms with van der Waals surface area (Å²) < 4.78 is 0. The normalized spacial score (nSPS) is 30.2. The molecule has 2 unspecified atom stereocenters. The van der Waals surface area contributed by atoms with E-state index in [9.17, 15) is 10.2 Å². The number of benzene rings is 2. The Morgan fingerprint density at radius 2 is 1.04 bits per heavy atom. The van der Waals surface area contributed by atoms with Crippen molar-refractivity contribution in [3.05, 3.63) is 84.2 Å². The fourth-order valence-corrected chi connectivity index (χ4v) is 19.1. The van der Waals surface area contributed by atoms with E-state index in [0.29, 0.717) is 0 Å². The van der Waals surface area contributed by atoms with Gasteiger partial charge in [-0.15, -0.1) is 0 Å². The standard InChI is InChI=1S/C44H62N4O2Si2/c1-51(2,23-17-33-29-47-21-15-31(33)27-41(47)43(49)37-13-19-45-39-11-7-5-9-35(37)39)25-26-52(3,4)24-18-34-30-48-22-16-32(34)28-42(48)44(50)38-14-20-46-40-12-8-6-10-36(38)40/h5-14,19-20,31-34,41-44,49-50H,15-18,21-30H2,1-4H3/t31-,32-,33-,34-,41+,42+,43+,44+/m0/s1. The van der Waals surface area contributed by atoms with E-state index >= 15 is 0 Å². The molecular formula is C44H62N4O2Si2. The molecule has 6 aliphatic heterocycles. The van der Waals surface area contributed by atoms with Crippen LogP contribution in [-0.4, -0.2) is 84.4 Å². The maximum absolute atomic E-state index is 11.6. The molecule has 8 heteroatoms. The topological polar surface area (TPSA) is 72.7 Å². The first-order valence-corrected chi connectivity index (χ1v) is 27.4. The minimum Gasteiger partial charge on any atom is -0.387 e. The second-order valence-corrected chi connectivity index (χ2v) is 29.5. The second-order valence-electron chi connectivity index (χ2n) is 18.8. The molecule has 0 spiro atoms. The van der Waals surface area contributed by atoms with E-state index < -0.39 is 28.4 Å². The van der Waals surface area contributed by atoms with Gasteiger partial charge in [0.25, 0.3) is 0 Å². The first-order chi connectivity index (χ1) is 25.1. The van der Waals surface area contributed by atoms with Crippen LogP contribution in [0, 0.1) is 23.7 Å². The summed E-state index contributed by atoms with van der Waals surface area (Å²) in [5.74, 6) is 3.08. The molecule has 52 heavy (non-hydrogen) atoms. The number of rotatable bonds is 13. The van der Waals surface area contributed by atoms with Crippen molar-refractivity contribution in [1.29, 1.82) is 0 Å². The molecule has 2 N–H and O–H groups in total. The van der Waals surface area contributed by atoms with E-state index in [2.05, 4.69) is 82.4 Å². The Hall–Kier alpha value is -2.47. The lowest BCUT2D eigenvalue weighted by Gasteiger charge is -2.52. The van der Waals surface area contributed by atoms with Crippen LogP contribution in [0.4, 0.5) is 0 Å². The predicted octanol–water partition coefficient (Wildman–Crippen LogP) is 9.17. The Labute approximate surface area is 314 Å². The van der Waals surface area contributed by atoms with Crippen molar-refractivity contribution in [2.45, 2.75) is 113 Å². The van der Waals surface area contributed by atoms with Crippen molar-refractivity contribution in [3.8, 4) is 0 Å². The SMILES string of the molecule is C[Si](C)(CC[C@H]1CN2CC[C@H]1C[C@@H]2[C@H](O)c1ccnc2ccccc12)CC[Si](C)(C)CC[C@H]1CN2CC[C@H]1C[C@@H]2[C@H](O)c1ccnc2ccccc12. The molecule has 10 rings (SSSR count). The summed E-state index contributed by atoms with van der Waals surface area (Å²) in [6, 6.07) is 26.9. The Kier molecular flexibility index (Phi) is 10.5. The second kappa shape index (κ2) is 15.0. The van der Waals surface area contributed by atoms with Gasteiger partial charge in [-0.3, -0.25) is 19.8 Å². The van der Waals surface area contributed by atoms with Crippen molar-refractivity contribution in [3.63, 3.8) is 0 Å². The number of aliphatic hydroxyl groups excluding tert-OH is 2. The average Bonchev–Trinajstić information content (AvgIpc) is 3.18. The number of pyridine rings is 2. The van der Waals surface area contributed by atoms with Crippen LogP contribution in [0.3, 0.4) is 0 Å². The van der Waals surface area contributed by atoms with Crippen molar-refractivity contribution in [1.82, 2.24) is 19.8 Å². The van der Waals surface area contributed by atoms with Gasteiger partial charge in [0.1, 0.15) is 0 Å². The van der Waals surface area contributed by atoms with Gasteiger partial charge in [-0.1, -0.05) is 99.6 Å². The molecule has 2 aromatic carbocycles. The van der Waals surface area contributed by atoms with E-state index in [-0.39, 0.29) is 12.1 Å². The number of nitrogens with zero attached hydrogens (tertiary/aromatic N) is 4. The molecule has 2 aromatic heterocycles. The first-order valence-electron chi connectivity index (χ1n) is 20.6. The molecule has 6 fully saturated rings. The van der Waals surface area contributed by atoms with Crippen LogP contribution in [0.5, 0.6) is 0 Å². The number of aromatic nitrogens is 2. The number of fused-ring (bicyclic) bond motifs is 8. The lowest BCUT2D eigenvalue weighted by molar-refractivity contribution is -0.0563. The maximum atomic E-state index is 11.6. The number of para-hydroxylation sites is 2. The van der Waals surface area contributed by atoms with Crippen LogP contribution < -0.4 is 0 Å². The molecule has 6 nitrogen and oxygen atoms in total. The highest BCUT2D eigenvalue weighted by Crippen LogP contribution is 2.46. The number of aliphatic hydroxyl groups is 2. The van der Waals surface area contributed by atoms with E-state index in [1.807, 2.05) is 36.7 Å². The van der Waals surface area contributed by atoms with Crippen LogP contribution >= 0.6 is 0 Å². The summed E-state index contributed by atoms with van der Waals surface area (Å²) in [6.07, 6.45) is 10.4. The summed E-state index contributed by atoms with van der Waals surface area (Å²) in [5, 5.41) is 25.5. The zero-order valence-corrected chi connectivity index (χ0v) is 34.1. The molecule has 8 heterocycles. The number of hydrogen-bond acceptors (Lipinski definition) is 6. The van der Waals surface area contributed by atoms with Gasteiger partial charge in [-0.2, -0.15) is 0 Å². The minimum atomic E-state index is -1.28. The molecule has 0 amide bonds. The average molecular weight is 735 g/mol. The van der Waals surface area contributed by atoms with Crippen LogP contribution in [0.1, 0.15) is 61.9 Å². The molecule has 4 bridgehead atoms. The smallest absolute Gasteiger partial charge is 0.0952 e. The molecule has 6 aliphatic rings. The van der Waals surface area contributed by atoms with Gasteiger partial charge in [-0.25, -0.2) is 0 Å². The van der Waals surface area contributed by atoms with Gasteiger partial charge in [0.05, 0.1) is 23.2 Å². The van der Waals surface area contributed by atoms with Gasteiger partial charge in [0, 0.05) is 64.5 Å². The van der Waals surface area contributed by atoms with Crippen LogP contribution in [0.25, 0.3) is 21.8 Å². The quantitative estimate of drug-likeness (QED) is 0.134. The highest BCUT2D eigenvalue weighted by molar-refractivity contribution is 6.82. The molecule has 0 radical (unpaired) electrons. The number of piperidine rings is 6. The fourth-order valence-electron chi connectivity index (χ4n) is 10.9. The monoisotopic (exact) mass is 734 g/mol. The van der Waals surface area contributed by atoms with Crippen molar-refractivity contribution >= 4 is 38.0 Å². The zero-order chi connectivity index (χ0) is 36.0. The third kappa shape index (κ3) is 7.58. The lowest BCUT2D eigenvalue weighted by Crippen LogP contribution is -2.55. The van der Waals surface area contributed by atoms with E-state index in [0.717, 1.165) is 95.6 Å². The Morgan fingerprint density at radius 1 is 0.615 bits per heavy atom. The summed E-state index contributed by atoms with van der Waals surface area (Å²) in [5.41, 5.74) is 4.05. The fraction of sp³-hybridized carbons (Fsp3) is 0.591. The largest absolute Gasteiger partial charge is 0.387 e. The van der Waals surface area contributed by atoms with Crippen molar-refractivity contribution in [2.24, 2.45) is 23.7 Å². The summed E-state index contributed by atoms with van der Waals surface area (Å²) >= 11 is 0. The van der Waals surface area contributed by atoms with Crippen LogP contribution in [-0.2, 0) is 0 Å². The summed E-state index contributed by atoms with van der Waals surface area (Å²) in [6.45, 7) is 15.3. The van der Waals surface area contributed by atoms with Gasteiger partial charge in [0.2, 0.25) is 0 Å². The molecule has 0 saturated carbocycles. The molecular weight excluding hydrogens is 673 g/mol.